The number of fused-ring (bicyclic) bond motifs is 1. The van der Waals surface area contributed by atoms with Gasteiger partial charge in [0.25, 0.3) is 5.92 Å². The van der Waals surface area contributed by atoms with Crippen LogP contribution in [0.25, 0.3) is 10.9 Å². The number of rotatable bonds is 3. The summed E-state index contributed by atoms with van der Waals surface area (Å²) < 4.78 is 26.4. The van der Waals surface area contributed by atoms with Gasteiger partial charge < -0.3 is 21.1 Å². The fourth-order valence-corrected chi connectivity index (χ4v) is 3.41. The van der Waals surface area contributed by atoms with Gasteiger partial charge in [0.05, 0.1) is 36.5 Å². The van der Waals surface area contributed by atoms with Crippen molar-refractivity contribution in [2.45, 2.75) is 43.8 Å². The Morgan fingerprint density at radius 1 is 1.16 bits per heavy atom. The minimum atomic E-state index is -2.68. The molecule has 2 aliphatic rings. The fourth-order valence-electron chi connectivity index (χ4n) is 3.41. The lowest BCUT2D eigenvalue weighted by Gasteiger charge is -2.40. The first kappa shape index (κ1) is 16.2. The highest BCUT2D eigenvalue weighted by Crippen LogP contribution is 2.36. The minimum absolute atomic E-state index is 0.192. The topological polar surface area (TPSA) is 100 Å². The van der Waals surface area contributed by atoms with Crippen molar-refractivity contribution in [3.05, 3.63) is 12.4 Å². The van der Waals surface area contributed by atoms with E-state index in [-0.39, 0.29) is 31.1 Å². The van der Waals surface area contributed by atoms with E-state index in [9.17, 15) is 13.9 Å². The van der Waals surface area contributed by atoms with Crippen molar-refractivity contribution in [2.75, 3.05) is 29.0 Å². The van der Waals surface area contributed by atoms with Crippen LogP contribution in [0.1, 0.15) is 25.7 Å². The van der Waals surface area contributed by atoms with Crippen LogP contribution in [0.3, 0.4) is 0 Å². The molecule has 1 saturated carbocycles. The molecule has 0 unspecified atom stereocenters. The Hall–Kier alpha value is -2.29. The van der Waals surface area contributed by atoms with Crippen LogP contribution in [0, 0.1) is 0 Å². The molecular formula is C16H20F2N6O. The van der Waals surface area contributed by atoms with Crippen LogP contribution >= 0.6 is 0 Å². The van der Waals surface area contributed by atoms with E-state index in [0.717, 1.165) is 25.7 Å². The van der Waals surface area contributed by atoms with E-state index in [1.807, 2.05) is 0 Å². The maximum absolute atomic E-state index is 13.2. The van der Waals surface area contributed by atoms with E-state index in [0.29, 0.717) is 22.5 Å². The molecule has 1 saturated heterocycles. The Bertz CT molecular complexity index is 786. The standard InChI is InChI=1S/C16H20F2N6O/c17-16(18)7-24(8-16)12-6-20-14(19)11-5-21-15(23-13(11)12)22-9-1-3-10(25)4-2-9/h5-6,9-10,25H,1-4,7-8H2,(H2,19,20)(H,21,22,23). The Morgan fingerprint density at radius 3 is 2.56 bits per heavy atom. The molecule has 3 heterocycles. The van der Waals surface area contributed by atoms with E-state index in [2.05, 4.69) is 20.3 Å². The Labute approximate surface area is 143 Å². The van der Waals surface area contributed by atoms with Crippen LogP contribution in [-0.4, -0.2) is 51.2 Å². The number of aliphatic hydroxyl groups is 1. The number of halogens is 2. The summed E-state index contributed by atoms with van der Waals surface area (Å²) in [6.07, 6.45) is 6.00. The van der Waals surface area contributed by atoms with Crippen LogP contribution in [0.5, 0.6) is 0 Å². The zero-order valence-corrected chi connectivity index (χ0v) is 13.6. The molecule has 134 valence electrons. The molecule has 9 heteroatoms. The largest absolute Gasteiger partial charge is 0.393 e. The molecular weight excluding hydrogens is 330 g/mol. The van der Waals surface area contributed by atoms with E-state index < -0.39 is 5.92 Å². The first-order valence-corrected chi connectivity index (χ1v) is 8.40. The molecule has 4 N–H and O–H groups in total. The van der Waals surface area contributed by atoms with Crippen LogP contribution < -0.4 is 16.0 Å². The molecule has 25 heavy (non-hydrogen) atoms. The monoisotopic (exact) mass is 350 g/mol. The number of nitrogens with zero attached hydrogens (tertiary/aromatic N) is 4. The lowest BCUT2D eigenvalue weighted by Crippen LogP contribution is -2.56. The van der Waals surface area contributed by atoms with Gasteiger partial charge in [-0.1, -0.05) is 0 Å². The number of nitrogens with two attached hydrogens (primary N) is 1. The molecule has 2 aromatic heterocycles. The van der Waals surface area contributed by atoms with E-state index >= 15 is 0 Å². The molecule has 0 atom stereocenters. The quantitative estimate of drug-likeness (QED) is 0.776. The third-order valence-corrected chi connectivity index (χ3v) is 4.85. The lowest BCUT2D eigenvalue weighted by atomic mass is 9.93. The number of alkyl halides is 2. The van der Waals surface area contributed by atoms with Crippen LogP contribution in [0.2, 0.25) is 0 Å². The van der Waals surface area contributed by atoms with Gasteiger partial charge >= 0.3 is 0 Å². The molecule has 1 aliphatic carbocycles. The number of anilines is 3. The number of aromatic nitrogens is 3. The molecule has 0 radical (unpaired) electrons. The zero-order chi connectivity index (χ0) is 17.6. The molecule has 0 bridgehead atoms. The molecule has 2 fully saturated rings. The van der Waals surface area contributed by atoms with Gasteiger partial charge in [0.1, 0.15) is 11.3 Å². The first-order valence-electron chi connectivity index (χ1n) is 8.40. The average molecular weight is 350 g/mol. The van der Waals surface area contributed by atoms with Crippen LogP contribution in [-0.2, 0) is 0 Å². The third-order valence-electron chi connectivity index (χ3n) is 4.85. The summed E-state index contributed by atoms with van der Waals surface area (Å²) in [5, 5.41) is 13.4. The van der Waals surface area contributed by atoms with Crippen LogP contribution in [0.4, 0.5) is 26.2 Å². The fraction of sp³-hybridized carbons (Fsp3) is 0.562. The second-order valence-corrected chi connectivity index (χ2v) is 6.85. The SMILES string of the molecule is Nc1ncc(N2CC(F)(F)C2)c2nc(NC3CCC(O)CC3)ncc12. The number of aliphatic hydroxyl groups excluding tert-OH is 1. The first-order chi connectivity index (χ1) is 11.9. The smallest absolute Gasteiger partial charge is 0.282 e. The third kappa shape index (κ3) is 3.15. The van der Waals surface area contributed by atoms with Gasteiger partial charge in [-0.05, 0) is 25.7 Å². The van der Waals surface area contributed by atoms with Crippen molar-refractivity contribution in [1.29, 1.82) is 0 Å². The van der Waals surface area contributed by atoms with Crippen LogP contribution in [0.15, 0.2) is 12.4 Å². The summed E-state index contributed by atoms with van der Waals surface area (Å²) in [6.45, 7) is -0.693. The molecule has 2 aromatic rings. The molecule has 7 nitrogen and oxygen atoms in total. The predicted molar refractivity (Wildman–Crippen MR) is 90.8 cm³/mol. The summed E-state index contributed by atoms with van der Waals surface area (Å²) >= 11 is 0. The second kappa shape index (κ2) is 5.91. The molecule has 0 amide bonds. The number of nitrogen functional groups attached to an aromatic ring is 1. The summed E-state index contributed by atoms with van der Waals surface area (Å²) in [5.74, 6) is -1.96. The number of hydrogen-bond donors (Lipinski definition) is 3. The lowest BCUT2D eigenvalue weighted by molar-refractivity contribution is -0.0261. The second-order valence-electron chi connectivity index (χ2n) is 6.85. The van der Waals surface area contributed by atoms with Crippen molar-refractivity contribution >= 4 is 28.4 Å². The Kier molecular flexibility index (Phi) is 3.82. The van der Waals surface area contributed by atoms with E-state index in [1.165, 1.54) is 6.20 Å². The van der Waals surface area contributed by atoms with E-state index in [4.69, 9.17) is 5.73 Å². The van der Waals surface area contributed by atoms with Crippen molar-refractivity contribution in [1.82, 2.24) is 15.0 Å². The van der Waals surface area contributed by atoms with E-state index in [1.54, 1.807) is 11.1 Å². The maximum atomic E-state index is 13.2. The van der Waals surface area contributed by atoms with Crippen molar-refractivity contribution in [3.63, 3.8) is 0 Å². The number of hydrogen-bond acceptors (Lipinski definition) is 7. The normalized spacial score (nSPS) is 25.6. The van der Waals surface area contributed by atoms with Gasteiger partial charge in [-0.3, -0.25) is 0 Å². The highest BCUT2D eigenvalue weighted by molar-refractivity contribution is 5.97. The summed E-state index contributed by atoms with van der Waals surface area (Å²) in [6, 6.07) is 0.192. The van der Waals surface area contributed by atoms with Gasteiger partial charge in [-0.25, -0.2) is 23.7 Å². The average Bonchev–Trinajstić information content (AvgIpc) is 2.55. The molecule has 4 rings (SSSR count). The van der Waals surface area contributed by atoms with Crippen molar-refractivity contribution in [2.24, 2.45) is 0 Å². The highest BCUT2D eigenvalue weighted by Gasteiger charge is 2.44. The zero-order valence-electron chi connectivity index (χ0n) is 13.6. The van der Waals surface area contributed by atoms with Gasteiger partial charge in [0.2, 0.25) is 5.95 Å². The van der Waals surface area contributed by atoms with Gasteiger partial charge in [0, 0.05) is 12.2 Å². The Morgan fingerprint density at radius 2 is 1.88 bits per heavy atom. The molecule has 0 aromatic carbocycles. The summed E-state index contributed by atoms with van der Waals surface area (Å²) in [7, 11) is 0. The molecule has 0 spiro atoms. The number of nitrogens with one attached hydrogen (secondary N) is 1. The van der Waals surface area contributed by atoms with Gasteiger partial charge in [-0.2, -0.15) is 0 Å². The highest BCUT2D eigenvalue weighted by atomic mass is 19.3. The van der Waals surface area contributed by atoms with Crippen molar-refractivity contribution < 1.29 is 13.9 Å². The molecule has 1 aliphatic heterocycles. The summed E-state index contributed by atoms with van der Waals surface area (Å²) in [5.41, 5.74) is 6.95. The maximum Gasteiger partial charge on any atom is 0.282 e. The van der Waals surface area contributed by atoms with Gasteiger partial charge in [-0.15, -0.1) is 0 Å². The number of pyridine rings is 1. The summed E-state index contributed by atoms with van der Waals surface area (Å²) in [4.78, 5) is 14.4. The predicted octanol–water partition coefficient (Wildman–Crippen LogP) is 1.78. The van der Waals surface area contributed by atoms with Gasteiger partial charge in [0.15, 0.2) is 0 Å². The minimum Gasteiger partial charge on any atom is -0.393 e. The Balaban J connectivity index is 1.62. The van der Waals surface area contributed by atoms with Crippen molar-refractivity contribution in [3.8, 4) is 0 Å².